The Labute approximate surface area is 96.1 Å². The van der Waals surface area contributed by atoms with Crippen molar-refractivity contribution in [1.29, 1.82) is 0 Å². The molecule has 1 aromatic rings. The first-order valence-corrected chi connectivity index (χ1v) is 6.25. The number of benzene rings is 1. The molecule has 88 valence electrons. The van der Waals surface area contributed by atoms with Crippen LogP contribution in [0.2, 0.25) is 0 Å². The van der Waals surface area contributed by atoms with Crippen LogP contribution in [0.3, 0.4) is 0 Å². The van der Waals surface area contributed by atoms with Gasteiger partial charge in [-0.1, -0.05) is 6.07 Å². The summed E-state index contributed by atoms with van der Waals surface area (Å²) in [5.41, 5.74) is 0. The highest BCUT2D eigenvalue weighted by Crippen LogP contribution is 2.09. The zero-order valence-electron chi connectivity index (χ0n) is 8.94. The Bertz CT molecular complexity index is 393. The highest BCUT2D eigenvalue weighted by molar-refractivity contribution is 7.85. The number of ether oxygens (including phenoxy) is 1. The summed E-state index contributed by atoms with van der Waals surface area (Å²) >= 11 is 0. The normalized spacial score (nSPS) is 12.1. The zero-order chi connectivity index (χ0) is 12.0. The van der Waals surface area contributed by atoms with Crippen molar-refractivity contribution in [2.75, 3.05) is 12.4 Å². The van der Waals surface area contributed by atoms with E-state index in [9.17, 15) is 13.4 Å². The van der Waals surface area contributed by atoms with Crippen LogP contribution in [0.5, 0.6) is 0 Å². The van der Waals surface area contributed by atoms with Crippen molar-refractivity contribution in [3.05, 3.63) is 30.1 Å². The van der Waals surface area contributed by atoms with Crippen molar-refractivity contribution in [1.82, 2.24) is 0 Å². The van der Waals surface area contributed by atoms with E-state index in [2.05, 4.69) is 0 Å². The smallest absolute Gasteiger partial charge is 0.306 e. The number of hydrogen-bond acceptors (Lipinski definition) is 3. The van der Waals surface area contributed by atoms with Crippen LogP contribution in [0.1, 0.15) is 13.3 Å². The van der Waals surface area contributed by atoms with Crippen LogP contribution in [-0.2, 0) is 20.3 Å². The zero-order valence-corrected chi connectivity index (χ0v) is 9.76. The quantitative estimate of drug-likeness (QED) is 0.743. The van der Waals surface area contributed by atoms with Crippen LogP contribution in [0.4, 0.5) is 4.39 Å². The third-order valence-corrected chi connectivity index (χ3v) is 3.21. The molecule has 0 aliphatic heterocycles. The summed E-state index contributed by atoms with van der Waals surface area (Å²) < 4.78 is 29.2. The Balaban J connectivity index is 2.50. The van der Waals surface area contributed by atoms with Gasteiger partial charge in [-0.15, -0.1) is 0 Å². The summed E-state index contributed by atoms with van der Waals surface area (Å²) in [6.45, 7) is 2.02. The molecule has 0 spiro atoms. The fraction of sp³-hybridized carbons (Fsp3) is 0.364. The van der Waals surface area contributed by atoms with Gasteiger partial charge >= 0.3 is 5.97 Å². The average Bonchev–Trinajstić information content (AvgIpc) is 2.26. The molecule has 0 bridgehead atoms. The minimum absolute atomic E-state index is 0.0803. The van der Waals surface area contributed by atoms with Crippen LogP contribution in [0.25, 0.3) is 0 Å². The Morgan fingerprint density at radius 3 is 2.88 bits per heavy atom. The number of rotatable bonds is 5. The molecule has 0 radical (unpaired) electrons. The molecule has 0 heterocycles. The summed E-state index contributed by atoms with van der Waals surface area (Å²) in [7, 11) is -1.36. The average molecular weight is 244 g/mol. The molecule has 1 atom stereocenters. The molecule has 16 heavy (non-hydrogen) atoms. The first-order chi connectivity index (χ1) is 7.63. The van der Waals surface area contributed by atoms with E-state index in [1.807, 2.05) is 0 Å². The molecule has 1 aromatic carbocycles. The van der Waals surface area contributed by atoms with E-state index in [1.54, 1.807) is 13.0 Å². The summed E-state index contributed by atoms with van der Waals surface area (Å²) in [5.74, 6) is -0.656. The molecule has 0 aliphatic rings. The molecule has 0 fully saturated rings. The number of carbonyl (C=O) groups excluding carboxylic acids is 1. The second-order valence-corrected chi connectivity index (χ2v) is 4.63. The summed E-state index contributed by atoms with van der Waals surface area (Å²) in [6.07, 6.45) is 0.0803. The molecule has 3 nitrogen and oxygen atoms in total. The fourth-order valence-corrected chi connectivity index (χ4v) is 2.20. The second kappa shape index (κ2) is 6.37. The van der Waals surface area contributed by atoms with Gasteiger partial charge in [-0.2, -0.15) is 0 Å². The van der Waals surface area contributed by atoms with Gasteiger partial charge in [0, 0.05) is 10.6 Å². The van der Waals surface area contributed by atoms with Crippen molar-refractivity contribution in [2.24, 2.45) is 0 Å². The van der Waals surface area contributed by atoms with Gasteiger partial charge in [0.15, 0.2) is 0 Å². The van der Waals surface area contributed by atoms with Crippen LogP contribution in [0, 0.1) is 5.82 Å². The van der Waals surface area contributed by atoms with Crippen LogP contribution < -0.4 is 0 Å². The van der Waals surface area contributed by atoms with E-state index in [0.29, 0.717) is 11.5 Å². The van der Waals surface area contributed by atoms with E-state index in [-0.39, 0.29) is 18.1 Å². The molecule has 0 saturated heterocycles. The molecule has 0 amide bonds. The van der Waals surface area contributed by atoms with Crippen LogP contribution in [-0.4, -0.2) is 22.5 Å². The second-order valence-electron chi connectivity index (χ2n) is 3.06. The van der Waals surface area contributed by atoms with E-state index in [1.165, 1.54) is 18.2 Å². The Hall–Kier alpha value is -1.23. The van der Waals surface area contributed by atoms with Crippen molar-refractivity contribution in [3.8, 4) is 0 Å². The minimum atomic E-state index is -1.36. The first kappa shape index (κ1) is 12.8. The SMILES string of the molecule is CCOC(=O)CCS(=O)c1cccc(F)c1. The molecule has 0 N–H and O–H groups in total. The van der Waals surface area contributed by atoms with Gasteiger partial charge in [0.05, 0.1) is 23.8 Å². The maximum absolute atomic E-state index is 12.8. The number of halogens is 1. The molecular weight excluding hydrogens is 231 g/mol. The van der Waals surface area contributed by atoms with E-state index in [4.69, 9.17) is 4.74 Å². The first-order valence-electron chi connectivity index (χ1n) is 4.93. The van der Waals surface area contributed by atoms with Crippen molar-refractivity contribution >= 4 is 16.8 Å². The van der Waals surface area contributed by atoms with Gasteiger partial charge < -0.3 is 4.74 Å². The van der Waals surface area contributed by atoms with Crippen LogP contribution >= 0.6 is 0 Å². The number of hydrogen-bond donors (Lipinski definition) is 0. The molecule has 1 rings (SSSR count). The van der Waals surface area contributed by atoms with Crippen molar-refractivity contribution < 1.29 is 18.1 Å². The fourth-order valence-electron chi connectivity index (χ4n) is 1.14. The van der Waals surface area contributed by atoms with Gasteiger partial charge in [-0.05, 0) is 25.1 Å². The minimum Gasteiger partial charge on any atom is -0.466 e. The van der Waals surface area contributed by atoms with Crippen molar-refractivity contribution in [2.45, 2.75) is 18.2 Å². The largest absolute Gasteiger partial charge is 0.466 e. The lowest BCUT2D eigenvalue weighted by molar-refractivity contribution is -0.142. The third kappa shape index (κ3) is 4.10. The highest BCUT2D eigenvalue weighted by Gasteiger charge is 2.08. The number of carbonyl (C=O) groups is 1. The molecule has 1 unspecified atom stereocenters. The van der Waals surface area contributed by atoms with E-state index in [0.717, 1.165) is 0 Å². The van der Waals surface area contributed by atoms with E-state index < -0.39 is 16.6 Å². The van der Waals surface area contributed by atoms with Gasteiger partial charge in [0.2, 0.25) is 0 Å². The topological polar surface area (TPSA) is 43.4 Å². The predicted octanol–water partition coefficient (Wildman–Crippen LogP) is 1.89. The number of esters is 1. The lowest BCUT2D eigenvalue weighted by atomic mass is 10.4. The van der Waals surface area contributed by atoms with Gasteiger partial charge in [0.25, 0.3) is 0 Å². The summed E-state index contributed by atoms with van der Waals surface area (Å²) in [5, 5.41) is 0. The lowest BCUT2D eigenvalue weighted by Gasteiger charge is -2.02. The summed E-state index contributed by atoms with van der Waals surface area (Å²) in [4.78, 5) is 11.4. The van der Waals surface area contributed by atoms with E-state index >= 15 is 0 Å². The molecule has 0 saturated carbocycles. The third-order valence-electron chi connectivity index (χ3n) is 1.86. The highest BCUT2D eigenvalue weighted by atomic mass is 32.2. The van der Waals surface area contributed by atoms with Crippen molar-refractivity contribution in [3.63, 3.8) is 0 Å². The lowest BCUT2D eigenvalue weighted by Crippen LogP contribution is -2.09. The van der Waals surface area contributed by atoms with Crippen LogP contribution in [0.15, 0.2) is 29.2 Å². The molecular formula is C11H13FO3S. The monoisotopic (exact) mass is 244 g/mol. The molecule has 5 heteroatoms. The maximum Gasteiger partial charge on any atom is 0.306 e. The van der Waals surface area contributed by atoms with Gasteiger partial charge in [-0.25, -0.2) is 4.39 Å². The predicted molar refractivity (Wildman–Crippen MR) is 58.9 cm³/mol. The standard InChI is InChI=1S/C11H13FO3S/c1-2-15-11(13)6-7-16(14)10-5-3-4-9(12)8-10/h3-5,8H,2,6-7H2,1H3. The Morgan fingerprint density at radius 2 is 2.25 bits per heavy atom. The maximum atomic E-state index is 12.8. The van der Waals surface area contributed by atoms with Gasteiger partial charge in [0.1, 0.15) is 5.82 Å². The Kier molecular flexibility index (Phi) is 5.11. The Morgan fingerprint density at radius 1 is 1.50 bits per heavy atom. The molecule has 0 aromatic heterocycles. The van der Waals surface area contributed by atoms with Gasteiger partial charge in [-0.3, -0.25) is 9.00 Å². The summed E-state index contributed by atoms with van der Waals surface area (Å²) in [6, 6.07) is 5.56. The molecule has 0 aliphatic carbocycles.